The van der Waals surface area contributed by atoms with Crippen LogP contribution in [-0.4, -0.2) is 92.0 Å². The van der Waals surface area contributed by atoms with E-state index in [4.69, 9.17) is 33.7 Å². The molecule has 0 bridgehead atoms. The average Bonchev–Trinajstić information content (AvgIpc) is 3.28. The number of carbonyl (C=O) groups is 2. The molecule has 12 nitrogen and oxygen atoms in total. The Labute approximate surface area is 360 Å². The van der Waals surface area contributed by atoms with Crippen LogP contribution in [0.15, 0.2) is 90.1 Å². The third-order valence-corrected chi connectivity index (χ3v) is 12.2. The minimum Gasteiger partial charge on any atom is -0.497 e. The molecule has 1 saturated carbocycles. The zero-order valence-electron chi connectivity index (χ0n) is 36.1. The number of aldehydes is 1. The molecule has 0 spiro atoms. The molecule has 1 aliphatic heterocycles. The number of unbranched alkanes of at least 4 members (excludes halogenated alkanes) is 2. The number of carbonyl (C=O) groups excluding carboxylic acids is 2. The predicted molar refractivity (Wildman–Crippen MR) is 234 cm³/mol. The molecule has 3 aliphatic rings. The molecule has 2 N–H and O–H groups in total. The van der Waals surface area contributed by atoms with E-state index in [1.165, 1.54) is 7.11 Å². The van der Waals surface area contributed by atoms with Gasteiger partial charge in [0.05, 0.1) is 44.4 Å². The Balaban J connectivity index is 1.56. The van der Waals surface area contributed by atoms with Gasteiger partial charge in [0.25, 0.3) is 0 Å². The van der Waals surface area contributed by atoms with Crippen LogP contribution in [0.1, 0.15) is 92.6 Å². The van der Waals surface area contributed by atoms with Gasteiger partial charge < -0.3 is 43.6 Å². The number of aliphatic hydroxyl groups is 2. The smallest absolute Gasteiger partial charge is 0.239 e. The van der Waals surface area contributed by atoms with Gasteiger partial charge in [0.15, 0.2) is 6.29 Å². The van der Waals surface area contributed by atoms with E-state index in [9.17, 15) is 19.8 Å². The average molecular weight is 839 g/mol. The Morgan fingerprint density at radius 3 is 2.44 bits per heavy atom. The van der Waals surface area contributed by atoms with E-state index in [0.717, 1.165) is 54.4 Å². The van der Waals surface area contributed by atoms with Crippen molar-refractivity contribution in [2.24, 2.45) is 22.9 Å². The van der Waals surface area contributed by atoms with Crippen LogP contribution in [0.4, 0.5) is 0 Å². The van der Waals surface area contributed by atoms with Crippen molar-refractivity contribution in [1.82, 2.24) is 4.90 Å². The summed E-state index contributed by atoms with van der Waals surface area (Å²) in [6.07, 6.45) is 10.5. The molecule has 61 heavy (non-hydrogen) atoms. The van der Waals surface area contributed by atoms with Crippen molar-refractivity contribution in [2.45, 2.75) is 89.4 Å². The summed E-state index contributed by atoms with van der Waals surface area (Å²) in [4.78, 5) is 34.5. The van der Waals surface area contributed by atoms with Gasteiger partial charge >= 0.3 is 0 Å². The first kappa shape index (κ1) is 45.4. The summed E-state index contributed by atoms with van der Waals surface area (Å²) in [5, 5.41) is 24.6. The SMILES string of the molecule is C=CCO[C@@]12Oc3ccc(Oc4ccc(OC)c(C=O)c4)cc3[C@H]3[C@H](CCCCO)[C@@H](CCCCO)C=C(C(=NOCC)C[C@@H]1N(CCC)C(=O)Cc1cccc(OC)c1)[C@H]32. The lowest BCUT2D eigenvalue weighted by molar-refractivity contribution is -0.257. The fraction of sp³-hybridized carbons (Fsp3) is 0.490. The highest BCUT2D eigenvalue weighted by Gasteiger charge is 2.65. The fourth-order valence-corrected chi connectivity index (χ4v) is 9.61. The number of benzene rings is 3. The van der Waals surface area contributed by atoms with E-state index in [1.807, 2.05) is 54.3 Å². The number of fused-ring (bicyclic) bond motifs is 2. The molecule has 3 aromatic rings. The van der Waals surface area contributed by atoms with Crippen molar-refractivity contribution in [3.05, 3.63) is 102 Å². The maximum Gasteiger partial charge on any atom is 0.239 e. The summed E-state index contributed by atoms with van der Waals surface area (Å²) >= 11 is 0. The second-order valence-corrected chi connectivity index (χ2v) is 15.9. The van der Waals surface area contributed by atoms with Crippen LogP contribution in [0, 0.1) is 17.8 Å². The first-order chi connectivity index (χ1) is 29.8. The Hall–Kier alpha value is -5.17. The molecule has 1 heterocycles. The van der Waals surface area contributed by atoms with E-state index in [-0.39, 0.29) is 49.9 Å². The molecule has 3 aromatic carbocycles. The van der Waals surface area contributed by atoms with E-state index in [1.54, 1.807) is 31.4 Å². The minimum absolute atomic E-state index is 0.0467. The number of oxime groups is 1. The molecule has 2 aliphatic carbocycles. The van der Waals surface area contributed by atoms with Crippen molar-refractivity contribution in [3.63, 3.8) is 0 Å². The maximum atomic E-state index is 14.8. The lowest BCUT2D eigenvalue weighted by atomic mass is 9.55. The minimum atomic E-state index is -1.37. The van der Waals surface area contributed by atoms with E-state index >= 15 is 0 Å². The Kier molecular flexibility index (Phi) is 16.0. The number of amides is 1. The second kappa shape index (κ2) is 21.6. The molecule has 0 saturated heterocycles. The monoisotopic (exact) mass is 838 g/mol. The van der Waals surface area contributed by atoms with Gasteiger partial charge in [-0.25, -0.2) is 0 Å². The Morgan fingerprint density at radius 1 is 0.967 bits per heavy atom. The van der Waals surface area contributed by atoms with Crippen LogP contribution >= 0.6 is 0 Å². The Bertz CT molecular complexity index is 2030. The van der Waals surface area contributed by atoms with Gasteiger partial charge in [-0.05, 0) is 111 Å². The van der Waals surface area contributed by atoms with Crippen molar-refractivity contribution in [3.8, 4) is 28.7 Å². The molecular formula is C49H62N2O10. The van der Waals surface area contributed by atoms with Crippen LogP contribution in [-0.2, 0) is 20.8 Å². The summed E-state index contributed by atoms with van der Waals surface area (Å²) in [7, 11) is 3.13. The molecule has 12 heteroatoms. The van der Waals surface area contributed by atoms with Crippen molar-refractivity contribution >= 4 is 17.9 Å². The molecule has 0 aromatic heterocycles. The molecule has 328 valence electrons. The molecular weight excluding hydrogens is 777 g/mol. The van der Waals surface area contributed by atoms with E-state index in [2.05, 4.69) is 19.6 Å². The predicted octanol–water partition coefficient (Wildman–Crippen LogP) is 8.44. The lowest BCUT2D eigenvalue weighted by Crippen LogP contribution is -2.70. The lowest BCUT2D eigenvalue weighted by Gasteiger charge is -2.60. The van der Waals surface area contributed by atoms with Crippen LogP contribution < -0.4 is 18.9 Å². The summed E-state index contributed by atoms with van der Waals surface area (Å²) in [5.74, 6) is 0.787. The van der Waals surface area contributed by atoms with Crippen molar-refractivity contribution < 1.29 is 48.3 Å². The van der Waals surface area contributed by atoms with Gasteiger partial charge in [0, 0.05) is 37.7 Å². The summed E-state index contributed by atoms with van der Waals surface area (Å²) in [6.45, 7) is 9.16. The van der Waals surface area contributed by atoms with Crippen LogP contribution in [0.5, 0.6) is 28.7 Å². The number of aliphatic hydroxyl groups excluding tert-OH is 2. The molecule has 6 rings (SSSR count). The third-order valence-electron chi connectivity index (χ3n) is 12.2. The third kappa shape index (κ3) is 9.98. The number of hydrogen-bond donors (Lipinski definition) is 2. The number of hydrogen-bond acceptors (Lipinski definition) is 11. The normalized spacial score (nSPS) is 23.1. The van der Waals surface area contributed by atoms with Crippen molar-refractivity contribution in [2.75, 3.05) is 47.2 Å². The topological polar surface area (TPSA) is 146 Å². The van der Waals surface area contributed by atoms with Gasteiger partial charge in [-0.3, -0.25) is 9.59 Å². The molecule has 6 atom stereocenters. The number of ether oxygens (including phenoxy) is 5. The van der Waals surface area contributed by atoms with E-state index in [0.29, 0.717) is 73.1 Å². The van der Waals surface area contributed by atoms with E-state index < -0.39 is 17.7 Å². The van der Waals surface area contributed by atoms with Crippen molar-refractivity contribution in [1.29, 1.82) is 0 Å². The highest BCUT2D eigenvalue weighted by Crippen LogP contribution is 2.62. The Morgan fingerprint density at radius 2 is 1.74 bits per heavy atom. The molecule has 1 amide bonds. The van der Waals surface area contributed by atoms with Crippen LogP contribution in [0.25, 0.3) is 0 Å². The van der Waals surface area contributed by atoms with Crippen LogP contribution in [0.3, 0.4) is 0 Å². The molecule has 0 radical (unpaired) electrons. The second-order valence-electron chi connectivity index (χ2n) is 15.9. The fourth-order valence-electron chi connectivity index (χ4n) is 9.61. The zero-order valence-corrected chi connectivity index (χ0v) is 36.1. The highest BCUT2D eigenvalue weighted by atomic mass is 16.7. The first-order valence-corrected chi connectivity index (χ1v) is 21.7. The first-order valence-electron chi connectivity index (χ1n) is 21.7. The van der Waals surface area contributed by atoms with Gasteiger partial charge in [-0.15, -0.1) is 6.58 Å². The maximum absolute atomic E-state index is 14.8. The highest BCUT2D eigenvalue weighted by molar-refractivity contribution is 6.03. The molecule has 1 fully saturated rings. The summed E-state index contributed by atoms with van der Waals surface area (Å²) < 4.78 is 31.8. The van der Waals surface area contributed by atoms with Gasteiger partial charge in [-0.2, -0.15) is 0 Å². The number of nitrogens with zero attached hydrogens (tertiary/aromatic N) is 2. The number of rotatable bonds is 23. The quantitative estimate of drug-likeness (QED) is 0.0413. The number of allylic oxidation sites excluding steroid dienone is 1. The van der Waals surface area contributed by atoms with Gasteiger partial charge in [-0.1, -0.05) is 49.2 Å². The summed E-state index contributed by atoms with van der Waals surface area (Å²) in [5.41, 5.74) is 3.84. The zero-order chi connectivity index (χ0) is 43.4. The van der Waals surface area contributed by atoms with Gasteiger partial charge in [0.2, 0.25) is 11.7 Å². The molecule has 0 unspecified atom stereocenters. The number of methoxy groups -OCH3 is 2. The summed E-state index contributed by atoms with van der Waals surface area (Å²) in [6, 6.07) is 17.9. The van der Waals surface area contributed by atoms with Gasteiger partial charge in [0.1, 0.15) is 41.4 Å². The standard InChI is InChI=1S/C49H62N2O10/c1-6-22-51(46(55)27-33-14-13-16-36(26-33)56-4)45-31-42(50-59-8-3)40-29-34(15-9-11-23-52)39(17-10-12-24-53)47-41-30-38(60-37-18-20-43(57-5)35(28-37)32-54)19-21-44(41)61-49(45,48(40)47)58-25-7-2/h7,13-14,16,18-21,26,28-30,32,34,39,45,47-48,52-53H,2,6,8-12,15,17,22-25,27,31H2,1,3-5H3/t34-,39+,45-,47+,48+,49+/m0/s1. The largest absolute Gasteiger partial charge is 0.497 e. The van der Waals surface area contributed by atoms with Crippen LogP contribution in [0.2, 0.25) is 0 Å².